The summed E-state index contributed by atoms with van der Waals surface area (Å²) >= 11 is 0. The van der Waals surface area contributed by atoms with Gasteiger partial charge in [0.05, 0.1) is 5.52 Å². The fraction of sp³-hybridized carbons (Fsp3) is 0.118. The third kappa shape index (κ3) is 3.42. The van der Waals surface area contributed by atoms with Crippen LogP contribution in [0.4, 0.5) is 15.9 Å². The van der Waals surface area contributed by atoms with E-state index in [1.807, 2.05) is 24.3 Å². The Morgan fingerprint density at radius 3 is 2.61 bits per heavy atom. The number of para-hydroxylation sites is 1. The van der Waals surface area contributed by atoms with E-state index >= 15 is 0 Å². The Morgan fingerprint density at radius 2 is 1.83 bits per heavy atom. The number of nitrogens with one attached hydrogen (secondary N) is 2. The van der Waals surface area contributed by atoms with Gasteiger partial charge in [-0.25, -0.2) is 14.4 Å². The first-order chi connectivity index (χ1) is 11.1. The number of amides is 1. The first-order valence-corrected chi connectivity index (χ1v) is 7.16. The predicted octanol–water partition coefficient (Wildman–Crippen LogP) is 3.21. The largest absolute Gasteiger partial charge is 0.358 e. The maximum Gasteiger partial charge on any atom is 0.246 e. The minimum absolute atomic E-state index is 0.237. The second-order valence-corrected chi connectivity index (χ2v) is 5.10. The van der Waals surface area contributed by atoms with Gasteiger partial charge in [0, 0.05) is 11.1 Å². The van der Waals surface area contributed by atoms with Gasteiger partial charge in [0.1, 0.15) is 24.0 Å². The summed E-state index contributed by atoms with van der Waals surface area (Å²) in [5.74, 6) is 0.0123. The average Bonchev–Trinajstić information content (AvgIpc) is 2.57. The van der Waals surface area contributed by atoms with Crippen LogP contribution in [0.15, 0.2) is 54.9 Å². The highest BCUT2D eigenvalue weighted by Gasteiger charge is 2.15. The molecule has 2 N–H and O–H groups in total. The molecule has 3 aromatic rings. The molecule has 0 radical (unpaired) electrons. The highest BCUT2D eigenvalue weighted by molar-refractivity contribution is 5.98. The van der Waals surface area contributed by atoms with Crippen LogP contribution in [0.2, 0.25) is 0 Å². The van der Waals surface area contributed by atoms with Gasteiger partial charge < -0.3 is 10.6 Å². The third-order valence-corrected chi connectivity index (χ3v) is 3.40. The molecule has 116 valence electrons. The zero-order chi connectivity index (χ0) is 16.2. The molecule has 0 spiro atoms. The first-order valence-electron chi connectivity index (χ1n) is 7.16. The number of nitrogens with zero attached hydrogens (tertiary/aromatic N) is 2. The van der Waals surface area contributed by atoms with E-state index in [0.29, 0.717) is 11.5 Å². The number of carbonyl (C=O) groups excluding carboxylic acids is 1. The highest BCUT2D eigenvalue weighted by Crippen LogP contribution is 2.19. The van der Waals surface area contributed by atoms with Crippen molar-refractivity contribution in [2.24, 2.45) is 0 Å². The van der Waals surface area contributed by atoms with Gasteiger partial charge in [-0.05, 0) is 43.3 Å². The second kappa shape index (κ2) is 6.39. The molecule has 1 aromatic heterocycles. The van der Waals surface area contributed by atoms with Crippen molar-refractivity contribution in [1.82, 2.24) is 9.97 Å². The van der Waals surface area contributed by atoms with E-state index in [9.17, 15) is 9.18 Å². The number of hydrogen-bond acceptors (Lipinski definition) is 4. The van der Waals surface area contributed by atoms with Crippen LogP contribution in [-0.2, 0) is 4.79 Å². The van der Waals surface area contributed by atoms with Crippen molar-refractivity contribution in [2.75, 3.05) is 10.6 Å². The van der Waals surface area contributed by atoms with Gasteiger partial charge in [0.25, 0.3) is 0 Å². The summed E-state index contributed by atoms with van der Waals surface area (Å²) in [4.78, 5) is 20.6. The molecule has 5 nitrogen and oxygen atoms in total. The van der Waals surface area contributed by atoms with Gasteiger partial charge in [-0.3, -0.25) is 4.79 Å². The third-order valence-electron chi connectivity index (χ3n) is 3.40. The molecule has 1 amide bonds. The first kappa shape index (κ1) is 14.9. The van der Waals surface area contributed by atoms with E-state index in [1.54, 1.807) is 6.92 Å². The van der Waals surface area contributed by atoms with Crippen LogP contribution in [0.3, 0.4) is 0 Å². The fourth-order valence-corrected chi connectivity index (χ4v) is 2.17. The molecule has 0 aliphatic carbocycles. The Labute approximate surface area is 132 Å². The fourth-order valence-electron chi connectivity index (χ4n) is 2.17. The number of rotatable bonds is 4. The molecule has 2 aromatic carbocycles. The van der Waals surface area contributed by atoms with Gasteiger partial charge in [-0.1, -0.05) is 12.1 Å². The number of carbonyl (C=O) groups is 1. The van der Waals surface area contributed by atoms with E-state index in [-0.39, 0.29) is 11.7 Å². The number of aromatic nitrogens is 2. The molecule has 0 saturated carbocycles. The molecule has 0 aliphatic heterocycles. The summed E-state index contributed by atoms with van der Waals surface area (Å²) in [5.41, 5.74) is 1.34. The van der Waals surface area contributed by atoms with Crippen molar-refractivity contribution in [3.8, 4) is 0 Å². The molecule has 6 heteroatoms. The van der Waals surface area contributed by atoms with E-state index in [0.717, 1.165) is 10.9 Å². The Balaban J connectivity index is 1.73. The molecule has 0 aliphatic rings. The molecule has 1 heterocycles. The quantitative estimate of drug-likeness (QED) is 0.776. The van der Waals surface area contributed by atoms with E-state index in [2.05, 4.69) is 20.6 Å². The lowest BCUT2D eigenvalue weighted by atomic mass is 10.2. The highest BCUT2D eigenvalue weighted by atomic mass is 19.1. The minimum Gasteiger partial charge on any atom is -0.358 e. The summed E-state index contributed by atoms with van der Waals surface area (Å²) in [6.45, 7) is 1.73. The molecule has 0 bridgehead atoms. The summed E-state index contributed by atoms with van der Waals surface area (Å²) < 4.78 is 12.9. The molecule has 1 unspecified atom stereocenters. The maximum absolute atomic E-state index is 12.9. The maximum atomic E-state index is 12.9. The summed E-state index contributed by atoms with van der Waals surface area (Å²) in [7, 11) is 0. The van der Waals surface area contributed by atoms with Crippen molar-refractivity contribution in [1.29, 1.82) is 0 Å². The standard InChI is InChI=1S/C17H15FN4O/c1-11(17(23)22-13-8-6-12(18)7-9-13)21-16-14-4-2-3-5-15(14)19-10-20-16/h2-11H,1H3,(H,22,23)(H,19,20,21). The summed E-state index contributed by atoms with van der Waals surface area (Å²) in [6.07, 6.45) is 1.45. The Kier molecular flexibility index (Phi) is 4.14. The number of benzene rings is 2. The van der Waals surface area contributed by atoms with E-state index in [1.165, 1.54) is 30.6 Å². The number of hydrogen-bond donors (Lipinski definition) is 2. The van der Waals surface area contributed by atoms with Crippen LogP contribution >= 0.6 is 0 Å². The van der Waals surface area contributed by atoms with Crippen LogP contribution in [-0.4, -0.2) is 21.9 Å². The molecular weight excluding hydrogens is 295 g/mol. The zero-order valence-corrected chi connectivity index (χ0v) is 12.5. The normalized spacial score (nSPS) is 11.9. The smallest absolute Gasteiger partial charge is 0.246 e. The van der Waals surface area contributed by atoms with Crippen LogP contribution in [0, 0.1) is 5.82 Å². The van der Waals surface area contributed by atoms with Crippen molar-refractivity contribution in [3.63, 3.8) is 0 Å². The number of fused-ring (bicyclic) bond motifs is 1. The van der Waals surface area contributed by atoms with Crippen molar-refractivity contribution >= 4 is 28.3 Å². The molecular formula is C17H15FN4O. The van der Waals surface area contributed by atoms with E-state index in [4.69, 9.17) is 0 Å². The predicted molar refractivity (Wildman–Crippen MR) is 87.7 cm³/mol. The van der Waals surface area contributed by atoms with Crippen LogP contribution in [0.25, 0.3) is 10.9 Å². The van der Waals surface area contributed by atoms with Crippen molar-refractivity contribution in [3.05, 3.63) is 60.7 Å². The van der Waals surface area contributed by atoms with Crippen molar-refractivity contribution < 1.29 is 9.18 Å². The van der Waals surface area contributed by atoms with Gasteiger partial charge in [0.2, 0.25) is 5.91 Å². The van der Waals surface area contributed by atoms with Gasteiger partial charge in [-0.15, -0.1) is 0 Å². The number of halogens is 1. The van der Waals surface area contributed by atoms with E-state index < -0.39 is 6.04 Å². The second-order valence-electron chi connectivity index (χ2n) is 5.10. The topological polar surface area (TPSA) is 66.9 Å². The van der Waals surface area contributed by atoms with Gasteiger partial charge >= 0.3 is 0 Å². The lowest BCUT2D eigenvalue weighted by Gasteiger charge is -2.15. The van der Waals surface area contributed by atoms with Crippen LogP contribution in [0.1, 0.15) is 6.92 Å². The Morgan fingerprint density at radius 1 is 1.09 bits per heavy atom. The lowest BCUT2D eigenvalue weighted by molar-refractivity contribution is -0.116. The minimum atomic E-state index is -0.515. The summed E-state index contributed by atoms with van der Waals surface area (Å²) in [5, 5.41) is 6.65. The monoisotopic (exact) mass is 310 g/mol. The average molecular weight is 310 g/mol. The molecule has 0 saturated heterocycles. The Bertz CT molecular complexity index is 830. The zero-order valence-electron chi connectivity index (χ0n) is 12.5. The van der Waals surface area contributed by atoms with Crippen LogP contribution in [0.5, 0.6) is 0 Å². The Hall–Kier alpha value is -3.02. The molecule has 1 atom stereocenters. The van der Waals surface area contributed by atoms with Gasteiger partial charge in [0.15, 0.2) is 0 Å². The molecule has 0 fully saturated rings. The molecule has 3 rings (SSSR count). The number of anilines is 2. The summed E-state index contributed by atoms with van der Waals surface area (Å²) in [6, 6.07) is 12.7. The van der Waals surface area contributed by atoms with Crippen LogP contribution < -0.4 is 10.6 Å². The SMILES string of the molecule is CC(Nc1ncnc2ccccc12)C(=O)Nc1ccc(F)cc1. The lowest BCUT2D eigenvalue weighted by Crippen LogP contribution is -2.32. The molecule has 23 heavy (non-hydrogen) atoms. The van der Waals surface area contributed by atoms with Crippen molar-refractivity contribution in [2.45, 2.75) is 13.0 Å². The van der Waals surface area contributed by atoms with Gasteiger partial charge in [-0.2, -0.15) is 0 Å².